The van der Waals surface area contributed by atoms with Gasteiger partial charge >= 0.3 is 201 Å². The van der Waals surface area contributed by atoms with Crippen LogP contribution in [0.2, 0.25) is 0 Å². The van der Waals surface area contributed by atoms with Crippen molar-refractivity contribution in [3.63, 3.8) is 0 Å². The normalized spacial score (nSPS) is 13.5. The van der Waals surface area contributed by atoms with E-state index in [9.17, 15) is 14.7 Å². The number of halogens is 1. The first-order valence-electron chi connectivity index (χ1n) is 12.4. The summed E-state index contributed by atoms with van der Waals surface area (Å²) in [7, 11) is 1.37. The Morgan fingerprint density at radius 1 is 1.03 bits per heavy atom. The van der Waals surface area contributed by atoms with Crippen LogP contribution < -0.4 is 25.9 Å². The van der Waals surface area contributed by atoms with Gasteiger partial charge < -0.3 is 5.11 Å². The molecule has 0 amide bonds. The van der Waals surface area contributed by atoms with Crippen LogP contribution in [-0.4, -0.2) is 38.1 Å². The summed E-state index contributed by atoms with van der Waals surface area (Å²) in [6.07, 6.45) is 1.23. The third-order valence-electron chi connectivity index (χ3n) is 6.89. The van der Waals surface area contributed by atoms with Crippen molar-refractivity contribution in [1.29, 1.82) is 0 Å². The van der Waals surface area contributed by atoms with Gasteiger partial charge in [0.15, 0.2) is 0 Å². The third-order valence-corrected chi connectivity index (χ3v) is 11.5. The van der Waals surface area contributed by atoms with Crippen molar-refractivity contribution >= 4 is 21.1 Å². The van der Waals surface area contributed by atoms with Gasteiger partial charge in [0.25, 0.3) is 0 Å². The molecule has 0 radical (unpaired) electrons. The number of hydrogen-bond acceptors (Lipinski definition) is 6. The van der Waals surface area contributed by atoms with Gasteiger partial charge in [-0.25, -0.2) is 0 Å². The molecule has 0 saturated heterocycles. The zero-order chi connectivity index (χ0) is 27.5. The third kappa shape index (κ3) is 6.70. The van der Waals surface area contributed by atoms with E-state index in [1.165, 1.54) is 17.6 Å². The van der Waals surface area contributed by atoms with Crippen LogP contribution >= 0.6 is 11.3 Å². The Balaban J connectivity index is 2.39. The maximum atomic E-state index is 13.3. The minimum absolute atomic E-state index is 0.0800. The van der Waals surface area contributed by atoms with E-state index in [1.807, 2.05) is 40.7 Å². The summed E-state index contributed by atoms with van der Waals surface area (Å²) in [6.45, 7) is 18.2. The van der Waals surface area contributed by atoms with Crippen molar-refractivity contribution in [1.82, 2.24) is 0 Å². The van der Waals surface area contributed by atoms with Crippen LogP contribution in [0.1, 0.15) is 92.5 Å². The molecule has 202 valence electrons. The number of thiophene rings is 1. The molecule has 5 nitrogen and oxygen atoms in total. The van der Waals surface area contributed by atoms with Gasteiger partial charge in [-0.2, -0.15) is 0 Å². The SMILES string of the molecule is CCC(CC)(c1ccc(OCC(O)C(C)(C)C)c(C)c1)c1cc(C)c(C(=O)[I-]C(C)(C)C(=O)OC)s1. The van der Waals surface area contributed by atoms with Crippen molar-refractivity contribution in [2.45, 2.75) is 90.1 Å². The summed E-state index contributed by atoms with van der Waals surface area (Å²) < 4.78 is 10.2. The van der Waals surface area contributed by atoms with E-state index in [4.69, 9.17) is 9.47 Å². The number of esters is 1. The Hall–Kier alpha value is -1.45. The molecule has 7 heteroatoms. The molecular weight excluding hydrogens is 587 g/mol. The monoisotopic (exact) mass is 629 g/mol. The number of hydrogen-bond donors (Lipinski definition) is 1. The number of alkyl halides is 1. The van der Waals surface area contributed by atoms with Gasteiger partial charge in [0.2, 0.25) is 0 Å². The second-order valence-electron chi connectivity index (χ2n) is 10.9. The molecule has 1 heterocycles. The number of carbonyl (C=O) groups excluding carboxylic acids is 2. The molecule has 0 aliphatic heterocycles. The molecule has 1 atom stereocenters. The van der Waals surface area contributed by atoms with Crippen molar-refractivity contribution < 1.29 is 45.4 Å². The fourth-order valence-corrected chi connectivity index (χ4v) is 8.41. The average molecular weight is 630 g/mol. The van der Waals surface area contributed by atoms with Gasteiger partial charge in [0, 0.05) is 0 Å². The van der Waals surface area contributed by atoms with Crippen LogP contribution in [0.3, 0.4) is 0 Å². The fraction of sp³-hybridized carbons (Fsp3) is 0.586. The Morgan fingerprint density at radius 3 is 2.14 bits per heavy atom. The Kier molecular flexibility index (Phi) is 10.2. The van der Waals surface area contributed by atoms with Gasteiger partial charge in [-0.05, 0) is 5.41 Å². The number of aliphatic hydroxyl groups is 1. The average Bonchev–Trinajstić information content (AvgIpc) is 3.20. The molecular formula is C29H42IO5S-. The standard InChI is InChI=1S/C29H42IO5S/c1-11-29(12-2,20-13-14-21(18(3)15-20)35-17-22(31)27(5,6)7)23-16-19(4)24(36-23)25(32)30-28(8,9)26(33)34-10/h13-16,22,31H,11-12,17H2,1-10H3/q-1. The molecule has 0 bridgehead atoms. The van der Waals surface area contributed by atoms with Crippen molar-refractivity contribution in [3.05, 3.63) is 50.7 Å². The summed E-state index contributed by atoms with van der Waals surface area (Å²) in [5.74, 6) is 0.443. The predicted molar refractivity (Wildman–Crippen MR) is 143 cm³/mol. The topological polar surface area (TPSA) is 72.8 Å². The fourth-order valence-electron chi connectivity index (χ4n) is 4.13. The van der Waals surface area contributed by atoms with Crippen molar-refractivity contribution in [3.8, 4) is 5.75 Å². The van der Waals surface area contributed by atoms with E-state index < -0.39 is 30.7 Å². The van der Waals surface area contributed by atoms with Gasteiger partial charge in [0.1, 0.15) is 0 Å². The zero-order valence-electron chi connectivity index (χ0n) is 23.4. The molecule has 0 aliphatic rings. The molecule has 2 rings (SSSR count). The first-order valence-corrected chi connectivity index (χ1v) is 15.4. The van der Waals surface area contributed by atoms with E-state index in [1.54, 1.807) is 25.2 Å². The summed E-state index contributed by atoms with van der Waals surface area (Å²) in [6, 6.07) is 8.44. The number of rotatable bonds is 11. The van der Waals surface area contributed by atoms with Gasteiger partial charge in [-0.15, -0.1) is 0 Å². The van der Waals surface area contributed by atoms with Gasteiger partial charge in [-0.1, -0.05) is 20.8 Å². The van der Waals surface area contributed by atoms with E-state index in [2.05, 4.69) is 32.0 Å². The van der Waals surface area contributed by atoms with Crippen LogP contribution in [0.15, 0.2) is 24.3 Å². The van der Waals surface area contributed by atoms with Crippen LogP contribution in [0.25, 0.3) is 0 Å². The van der Waals surface area contributed by atoms with Crippen LogP contribution in [0, 0.1) is 19.3 Å². The molecule has 1 N–H and O–H groups in total. The number of aryl methyl sites for hydroxylation is 2. The molecule has 0 saturated carbocycles. The summed E-state index contributed by atoms with van der Waals surface area (Å²) in [4.78, 5) is 27.3. The van der Waals surface area contributed by atoms with Crippen molar-refractivity contribution in [2.24, 2.45) is 5.41 Å². The second-order valence-corrected chi connectivity index (χ2v) is 16.2. The molecule has 0 spiro atoms. The van der Waals surface area contributed by atoms with E-state index in [-0.39, 0.29) is 27.2 Å². The van der Waals surface area contributed by atoms with E-state index >= 15 is 0 Å². The predicted octanol–water partition coefficient (Wildman–Crippen LogP) is 3.44. The molecule has 2 aromatic rings. The molecule has 1 unspecified atom stereocenters. The number of methoxy groups -OCH3 is 1. The second kappa shape index (κ2) is 11.9. The Bertz CT molecular complexity index is 1080. The Morgan fingerprint density at radius 2 is 1.64 bits per heavy atom. The maximum absolute atomic E-state index is 13.3. The van der Waals surface area contributed by atoms with Crippen LogP contribution in [-0.2, 0) is 14.9 Å². The minimum atomic E-state index is -1.08. The quantitative estimate of drug-likeness (QED) is 0.179. The number of ether oxygens (including phenoxy) is 2. The van der Waals surface area contributed by atoms with Crippen LogP contribution in [0.4, 0.5) is 0 Å². The zero-order valence-corrected chi connectivity index (χ0v) is 26.3. The van der Waals surface area contributed by atoms with Crippen LogP contribution in [0.5, 0.6) is 5.75 Å². The number of aliphatic hydroxyl groups excluding tert-OH is 1. The van der Waals surface area contributed by atoms with Gasteiger partial charge in [0.05, 0.1) is 0 Å². The summed E-state index contributed by atoms with van der Waals surface area (Å²) in [5, 5.41) is 10.4. The first kappa shape index (κ1) is 30.8. The molecule has 1 aromatic carbocycles. The summed E-state index contributed by atoms with van der Waals surface area (Å²) in [5.41, 5.74) is 2.72. The van der Waals surface area contributed by atoms with Gasteiger partial charge in [-0.3, -0.25) is 0 Å². The Labute approximate surface area is 231 Å². The molecule has 0 aliphatic carbocycles. The number of carbonyl (C=O) groups is 2. The molecule has 1 aromatic heterocycles. The number of benzene rings is 1. The first-order chi connectivity index (χ1) is 16.6. The van der Waals surface area contributed by atoms with E-state index in [0.717, 1.165) is 34.6 Å². The molecule has 0 fully saturated rings. The van der Waals surface area contributed by atoms with E-state index in [0.29, 0.717) is 0 Å². The van der Waals surface area contributed by atoms with Crippen molar-refractivity contribution in [2.75, 3.05) is 13.7 Å². The molecule has 36 heavy (non-hydrogen) atoms. The summed E-state index contributed by atoms with van der Waals surface area (Å²) >= 11 is 0.485.